The van der Waals surface area contributed by atoms with E-state index in [1.54, 1.807) is 24.3 Å². The van der Waals surface area contributed by atoms with E-state index >= 15 is 0 Å². The van der Waals surface area contributed by atoms with E-state index in [0.717, 1.165) is 6.42 Å². The lowest BCUT2D eigenvalue weighted by Gasteiger charge is -2.43. The Balaban J connectivity index is 1.59. The number of ketones is 1. The predicted molar refractivity (Wildman–Crippen MR) is 132 cm³/mol. The van der Waals surface area contributed by atoms with Gasteiger partial charge >= 0.3 is 0 Å². The van der Waals surface area contributed by atoms with Crippen LogP contribution in [-0.2, 0) is 20.5 Å². The molecule has 6 nitrogen and oxygen atoms in total. The summed E-state index contributed by atoms with van der Waals surface area (Å²) in [6.45, 7) is 0.550. The molecule has 0 radical (unpaired) electrons. The zero-order chi connectivity index (χ0) is 24.8. The highest BCUT2D eigenvalue weighted by molar-refractivity contribution is 6.31. The Kier molecular flexibility index (Phi) is 4.37. The van der Waals surface area contributed by atoms with Gasteiger partial charge in [0, 0.05) is 33.6 Å². The van der Waals surface area contributed by atoms with Crippen LogP contribution < -0.4 is 10.6 Å². The Hall–Kier alpha value is -3.55. The third-order valence-electron chi connectivity index (χ3n) is 8.47. The van der Waals surface area contributed by atoms with Crippen molar-refractivity contribution in [3.05, 3.63) is 94.3 Å². The van der Waals surface area contributed by atoms with Crippen LogP contribution in [0.2, 0.25) is 5.02 Å². The number of benzene rings is 3. The Labute approximate surface area is 211 Å². The Bertz CT molecular complexity index is 1490. The second kappa shape index (κ2) is 7.24. The molecule has 36 heavy (non-hydrogen) atoms. The molecular weight excluding hydrogens is 481 g/mol. The summed E-state index contributed by atoms with van der Waals surface area (Å²) in [5, 5.41) is 6.43. The van der Waals surface area contributed by atoms with Crippen molar-refractivity contribution in [2.45, 2.75) is 29.8 Å². The summed E-state index contributed by atoms with van der Waals surface area (Å²) >= 11 is 6.46. The molecule has 7 rings (SSSR count). The van der Waals surface area contributed by atoms with Gasteiger partial charge in [0.2, 0.25) is 5.91 Å². The Morgan fingerprint density at radius 2 is 1.67 bits per heavy atom. The Morgan fingerprint density at radius 1 is 0.944 bits per heavy atom. The SMILES string of the molecule is O=C(c1ccc(F)cc1)C1C2CCCN2C2(C(=O)Nc3ccc(Cl)cc32)C12C(=O)Nc1ccccc12. The first kappa shape index (κ1) is 21.7. The average molecular weight is 502 g/mol. The normalized spacial score (nSPS) is 29.8. The molecule has 3 aromatic rings. The number of hydrogen-bond donors (Lipinski definition) is 2. The summed E-state index contributed by atoms with van der Waals surface area (Å²) < 4.78 is 13.7. The van der Waals surface area contributed by atoms with Gasteiger partial charge in [-0.2, -0.15) is 0 Å². The molecule has 8 heteroatoms. The first-order valence-corrected chi connectivity index (χ1v) is 12.4. The molecular formula is C28H21ClFN3O3. The molecule has 4 heterocycles. The van der Waals surface area contributed by atoms with E-state index in [0.29, 0.717) is 46.1 Å². The molecule has 2 saturated heterocycles. The highest BCUT2D eigenvalue weighted by Gasteiger charge is 2.81. The number of amides is 2. The average Bonchev–Trinajstić information content (AvgIpc) is 3.58. The van der Waals surface area contributed by atoms with E-state index in [1.807, 2.05) is 18.2 Å². The van der Waals surface area contributed by atoms with E-state index in [1.165, 1.54) is 24.3 Å². The van der Waals surface area contributed by atoms with Crippen LogP contribution in [-0.4, -0.2) is 35.1 Å². The summed E-state index contributed by atoms with van der Waals surface area (Å²) in [5.41, 5.74) is -0.302. The van der Waals surface area contributed by atoms with Crippen molar-refractivity contribution in [2.24, 2.45) is 5.92 Å². The number of nitrogens with zero attached hydrogens (tertiary/aromatic N) is 1. The van der Waals surface area contributed by atoms with Crippen molar-refractivity contribution >= 4 is 40.6 Å². The minimum atomic E-state index is -1.54. The second-order valence-electron chi connectivity index (χ2n) is 9.91. The van der Waals surface area contributed by atoms with E-state index in [-0.39, 0.29) is 23.6 Å². The van der Waals surface area contributed by atoms with Crippen molar-refractivity contribution in [3.8, 4) is 0 Å². The lowest BCUT2D eigenvalue weighted by atomic mass is 9.57. The molecule has 0 saturated carbocycles. The number of fused-ring (bicyclic) bond motifs is 7. The molecule has 2 N–H and O–H groups in total. The maximum Gasteiger partial charge on any atom is 0.251 e. The number of carbonyl (C=O) groups is 3. The van der Waals surface area contributed by atoms with Gasteiger partial charge in [-0.15, -0.1) is 0 Å². The molecule has 3 aromatic carbocycles. The third kappa shape index (κ3) is 2.38. The number of hydrogen-bond acceptors (Lipinski definition) is 4. The fourth-order valence-electron chi connectivity index (χ4n) is 7.34. The summed E-state index contributed by atoms with van der Waals surface area (Å²) in [4.78, 5) is 45.0. The largest absolute Gasteiger partial charge is 0.325 e. The summed E-state index contributed by atoms with van der Waals surface area (Å²) in [5.74, 6) is -2.33. The quantitative estimate of drug-likeness (QED) is 0.507. The summed E-state index contributed by atoms with van der Waals surface area (Å²) in [6.07, 6.45) is 1.43. The van der Waals surface area contributed by atoms with Crippen molar-refractivity contribution in [1.82, 2.24) is 4.90 Å². The van der Waals surface area contributed by atoms with Gasteiger partial charge in [-0.25, -0.2) is 4.39 Å². The van der Waals surface area contributed by atoms with Crippen LogP contribution in [0.4, 0.5) is 15.8 Å². The monoisotopic (exact) mass is 501 g/mol. The standard InChI is InChI=1S/C28H21ClFN3O3/c29-16-9-12-21-19(14-16)28(26(36)32-21)27(18-4-1-2-5-20(18)31-25(27)35)23(22-6-3-13-33(22)28)24(34)15-7-10-17(30)11-8-15/h1-2,4-5,7-12,14,22-23H,3,6,13H2,(H,31,35)(H,32,36). The predicted octanol–water partition coefficient (Wildman–Crippen LogP) is 4.49. The highest BCUT2D eigenvalue weighted by atomic mass is 35.5. The van der Waals surface area contributed by atoms with Crippen LogP contribution in [0, 0.1) is 11.7 Å². The van der Waals surface area contributed by atoms with Gasteiger partial charge in [0.15, 0.2) is 5.78 Å². The highest BCUT2D eigenvalue weighted by Crippen LogP contribution is 2.67. The van der Waals surface area contributed by atoms with E-state index < -0.39 is 22.7 Å². The number of anilines is 2. The fraction of sp³-hybridized carbons (Fsp3) is 0.250. The second-order valence-corrected chi connectivity index (χ2v) is 10.4. The fourth-order valence-corrected chi connectivity index (χ4v) is 7.52. The lowest BCUT2D eigenvalue weighted by Crippen LogP contribution is -2.62. The minimum absolute atomic E-state index is 0.279. The smallest absolute Gasteiger partial charge is 0.251 e. The van der Waals surface area contributed by atoms with E-state index in [4.69, 9.17) is 11.6 Å². The molecule has 0 aromatic heterocycles. The number of halogens is 2. The number of nitrogens with one attached hydrogen (secondary N) is 2. The van der Waals surface area contributed by atoms with E-state index in [2.05, 4.69) is 15.5 Å². The Morgan fingerprint density at radius 3 is 2.47 bits per heavy atom. The molecule has 2 amide bonds. The van der Waals surface area contributed by atoms with Crippen molar-refractivity contribution in [3.63, 3.8) is 0 Å². The van der Waals surface area contributed by atoms with Crippen LogP contribution in [0.1, 0.15) is 34.3 Å². The number of rotatable bonds is 2. The molecule has 2 spiro atoms. The van der Waals surface area contributed by atoms with Gasteiger partial charge in [0.25, 0.3) is 5.91 Å². The number of carbonyl (C=O) groups excluding carboxylic acids is 3. The zero-order valence-corrected chi connectivity index (χ0v) is 19.8. The van der Waals surface area contributed by atoms with Gasteiger partial charge < -0.3 is 10.6 Å². The maximum absolute atomic E-state index is 14.4. The van der Waals surface area contributed by atoms with Gasteiger partial charge in [-0.3, -0.25) is 19.3 Å². The first-order valence-electron chi connectivity index (χ1n) is 12.0. The van der Waals surface area contributed by atoms with Gasteiger partial charge in [0.1, 0.15) is 16.8 Å². The van der Waals surface area contributed by atoms with Gasteiger partial charge in [-0.1, -0.05) is 29.8 Å². The molecule has 180 valence electrons. The zero-order valence-electron chi connectivity index (χ0n) is 19.1. The lowest BCUT2D eigenvalue weighted by molar-refractivity contribution is -0.137. The van der Waals surface area contributed by atoms with Crippen LogP contribution in [0.3, 0.4) is 0 Å². The van der Waals surface area contributed by atoms with Crippen LogP contribution in [0.15, 0.2) is 66.7 Å². The first-order chi connectivity index (χ1) is 17.4. The van der Waals surface area contributed by atoms with Crippen LogP contribution >= 0.6 is 11.6 Å². The van der Waals surface area contributed by atoms with E-state index in [9.17, 15) is 18.8 Å². The van der Waals surface area contributed by atoms with Crippen LogP contribution in [0.5, 0.6) is 0 Å². The maximum atomic E-state index is 14.4. The molecule has 4 unspecified atom stereocenters. The van der Waals surface area contributed by atoms with Crippen LogP contribution in [0.25, 0.3) is 0 Å². The molecule has 4 aliphatic heterocycles. The molecule has 2 fully saturated rings. The van der Waals surface area contributed by atoms with Crippen molar-refractivity contribution in [1.29, 1.82) is 0 Å². The van der Waals surface area contributed by atoms with Gasteiger partial charge in [-0.05, 0) is 73.5 Å². The molecule has 4 atom stereocenters. The molecule has 0 bridgehead atoms. The van der Waals surface area contributed by atoms with Gasteiger partial charge in [0.05, 0.1) is 5.92 Å². The number of para-hydroxylation sites is 1. The topological polar surface area (TPSA) is 78.5 Å². The summed E-state index contributed by atoms with van der Waals surface area (Å²) in [7, 11) is 0. The third-order valence-corrected chi connectivity index (χ3v) is 8.70. The molecule has 0 aliphatic carbocycles. The number of Topliss-reactive ketones (excluding diaryl/α,β-unsaturated/α-hetero) is 1. The van der Waals surface area contributed by atoms with Crippen molar-refractivity contribution < 1.29 is 18.8 Å². The molecule has 4 aliphatic rings. The minimum Gasteiger partial charge on any atom is -0.325 e. The van der Waals surface area contributed by atoms with Crippen molar-refractivity contribution in [2.75, 3.05) is 17.2 Å². The summed E-state index contributed by atoms with van der Waals surface area (Å²) in [6, 6.07) is 17.5.